The number of carbonyl (C=O) groups is 2. The molecule has 2 rings (SSSR count). The summed E-state index contributed by atoms with van der Waals surface area (Å²) in [6.45, 7) is 3.23. The summed E-state index contributed by atoms with van der Waals surface area (Å²) in [5.41, 5.74) is 2.42. The van der Waals surface area contributed by atoms with Crippen molar-refractivity contribution in [2.45, 2.75) is 13.8 Å². The van der Waals surface area contributed by atoms with Crippen LogP contribution in [0.1, 0.15) is 21.5 Å². The molecule has 0 saturated heterocycles. The van der Waals surface area contributed by atoms with Gasteiger partial charge in [0.2, 0.25) is 0 Å². The van der Waals surface area contributed by atoms with Crippen LogP contribution in [-0.4, -0.2) is 18.5 Å². The van der Waals surface area contributed by atoms with Gasteiger partial charge < -0.3 is 10.1 Å². The average Bonchev–Trinajstić information content (AvgIpc) is 2.52. The number of carbonyl (C=O) groups excluding carboxylic acids is 2. The number of rotatable bonds is 4. The molecular weight excluding hydrogens is 373 g/mol. The number of amides is 1. The van der Waals surface area contributed by atoms with Crippen molar-refractivity contribution in [2.24, 2.45) is 0 Å². The van der Waals surface area contributed by atoms with E-state index in [-0.39, 0.29) is 15.1 Å². The molecule has 1 amide bonds. The van der Waals surface area contributed by atoms with Crippen LogP contribution in [0.25, 0.3) is 0 Å². The Kier molecular flexibility index (Phi) is 6.10. The van der Waals surface area contributed by atoms with Crippen LogP contribution in [0.3, 0.4) is 0 Å². The lowest BCUT2D eigenvalue weighted by Crippen LogP contribution is -2.21. The Balaban J connectivity index is 2.00. The molecule has 0 aromatic heterocycles. The van der Waals surface area contributed by atoms with E-state index in [0.29, 0.717) is 11.3 Å². The highest BCUT2D eigenvalue weighted by Gasteiger charge is 2.14. The second-order valence-corrected chi connectivity index (χ2v) is 6.41. The highest BCUT2D eigenvalue weighted by atomic mass is 35.5. The molecular formula is C17H14Cl3NO3. The predicted octanol–water partition coefficient (Wildman–Crippen LogP) is 5.06. The highest BCUT2D eigenvalue weighted by Crippen LogP contribution is 2.32. The van der Waals surface area contributed by atoms with Gasteiger partial charge in [-0.05, 0) is 37.6 Å². The minimum absolute atomic E-state index is 0.235. The lowest BCUT2D eigenvalue weighted by molar-refractivity contribution is -0.119. The van der Waals surface area contributed by atoms with E-state index in [1.54, 1.807) is 13.0 Å². The predicted molar refractivity (Wildman–Crippen MR) is 96.3 cm³/mol. The van der Waals surface area contributed by atoms with Crippen molar-refractivity contribution in [1.29, 1.82) is 0 Å². The Morgan fingerprint density at radius 2 is 1.67 bits per heavy atom. The summed E-state index contributed by atoms with van der Waals surface area (Å²) in [5.74, 6) is -1.10. The summed E-state index contributed by atoms with van der Waals surface area (Å²) in [4.78, 5) is 24.0. The van der Waals surface area contributed by atoms with E-state index in [0.717, 1.165) is 11.1 Å². The van der Waals surface area contributed by atoms with E-state index in [9.17, 15) is 9.59 Å². The fraction of sp³-hybridized carbons (Fsp3) is 0.176. The van der Waals surface area contributed by atoms with Crippen molar-refractivity contribution >= 4 is 52.4 Å². The maximum atomic E-state index is 12.1. The van der Waals surface area contributed by atoms with Crippen LogP contribution >= 0.6 is 34.8 Å². The Hall–Kier alpha value is -1.75. The van der Waals surface area contributed by atoms with Crippen LogP contribution in [0.2, 0.25) is 15.1 Å². The standard InChI is InChI=1S/C17H14Cl3NO3/c1-9-3-4-10(2)11(5-9)17(23)24-8-16(22)21-15-7-13(19)12(18)6-14(15)20/h3-7H,8H2,1-2H3,(H,21,22). The van der Waals surface area contributed by atoms with E-state index >= 15 is 0 Å². The van der Waals surface area contributed by atoms with Gasteiger partial charge in [-0.25, -0.2) is 4.79 Å². The molecule has 7 heteroatoms. The summed E-state index contributed by atoms with van der Waals surface area (Å²) in [6, 6.07) is 8.28. The summed E-state index contributed by atoms with van der Waals surface area (Å²) in [6.07, 6.45) is 0. The molecule has 0 aliphatic carbocycles. The van der Waals surface area contributed by atoms with Gasteiger partial charge >= 0.3 is 5.97 Å². The Morgan fingerprint density at radius 3 is 2.38 bits per heavy atom. The SMILES string of the molecule is Cc1ccc(C)c(C(=O)OCC(=O)Nc2cc(Cl)c(Cl)cc2Cl)c1. The summed E-state index contributed by atoms with van der Waals surface area (Å²) < 4.78 is 5.04. The molecule has 0 heterocycles. The monoisotopic (exact) mass is 385 g/mol. The summed E-state index contributed by atoms with van der Waals surface area (Å²) >= 11 is 17.7. The molecule has 2 aromatic rings. The third kappa shape index (κ3) is 4.63. The van der Waals surface area contributed by atoms with Crippen LogP contribution in [0.5, 0.6) is 0 Å². The van der Waals surface area contributed by atoms with Crippen LogP contribution in [0.15, 0.2) is 30.3 Å². The maximum Gasteiger partial charge on any atom is 0.338 e. The molecule has 0 aliphatic heterocycles. The van der Waals surface area contributed by atoms with Crippen molar-refractivity contribution in [3.63, 3.8) is 0 Å². The molecule has 0 unspecified atom stereocenters. The molecule has 0 fully saturated rings. The highest BCUT2D eigenvalue weighted by molar-refractivity contribution is 6.44. The number of nitrogens with one attached hydrogen (secondary N) is 1. The van der Waals surface area contributed by atoms with Crippen LogP contribution in [0.4, 0.5) is 5.69 Å². The quantitative estimate of drug-likeness (QED) is 0.590. The number of hydrogen-bond acceptors (Lipinski definition) is 3. The van der Waals surface area contributed by atoms with Gasteiger partial charge in [-0.15, -0.1) is 0 Å². The largest absolute Gasteiger partial charge is 0.452 e. The van der Waals surface area contributed by atoms with Crippen LogP contribution < -0.4 is 5.32 Å². The fourth-order valence-corrected chi connectivity index (χ4v) is 2.56. The zero-order valence-electron chi connectivity index (χ0n) is 13.0. The third-order valence-electron chi connectivity index (χ3n) is 3.23. The second-order valence-electron chi connectivity index (χ2n) is 5.19. The van der Waals surface area contributed by atoms with Gasteiger partial charge in [0.1, 0.15) is 0 Å². The van der Waals surface area contributed by atoms with Crippen LogP contribution in [-0.2, 0) is 9.53 Å². The number of halogens is 3. The first-order chi connectivity index (χ1) is 11.3. The van der Waals surface area contributed by atoms with Gasteiger partial charge in [0.15, 0.2) is 6.61 Å². The molecule has 0 saturated carbocycles. The fourth-order valence-electron chi connectivity index (χ4n) is 1.97. The number of benzene rings is 2. The van der Waals surface area contributed by atoms with Crippen molar-refractivity contribution in [1.82, 2.24) is 0 Å². The average molecular weight is 387 g/mol. The zero-order chi connectivity index (χ0) is 17.9. The second kappa shape index (κ2) is 7.88. The van der Waals surface area contributed by atoms with Gasteiger partial charge in [-0.2, -0.15) is 0 Å². The zero-order valence-corrected chi connectivity index (χ0v) is 15.2. The molecule has 0 bridgehead atoms. The molecule has 24 heavy (non-hydrogen) atoms. The Bertz CT molecular complexity index is 806. The van der Waals surface area contributed by atoms with E-state index in [1.807, 2.05) is 19.1 Å². The third-order valence-corrected chi connectivity index (χ3v) is 4.27. The van der Waals surface area contributed by atoms with Crippen molar-refractivity contribution in [2.75, 3.05) is 11.9 Å². The molecule has 1 N–H and O–H groups in total. The van der Waals surface area contributed by atoms with E-state index in [2.05, 4.69) is 5.32 Å². The minimum atomic E-state index is -0.563. The molecule has 0 spiro atoms. The first-order valence-corrected chi connectivity index (χ1v) is 8.10. The van der Waals surface area contributed by atoms with Gasteiger partial charge in [0.05, 0.1) is 26.3 Å². The van der Waals surface area contributed by atoms with E-state index in [4.69, 9.17) is 39.5 Å². The van der Waals surface area contributed by atoms with Gasteiger partial charge in [-0.3, -0.25) is 4.79 Å². The number of aryl methyl sites for hydroxylation is 2. The number of esters is 1. The van der Waals surface area contributed by atoms with Gasteiger partial charge in [0, 0.05) is 0 Å². The van der Waals surface area contributed by atoms with Gasteiger partial charge in [0.25, 0.3) is 5.91 Å². The number of hydrogen-bond donors (Lipinski definition) is 1. The number of anilines is 1. The van der Waals surface area contributed by atoms with E-state index in [1.165, 1.54) is 12.1 Å². The Labute approximate surface area is 154 Å². The first-order valence-electron chi connectivity index (χ1n) is 6.96. The summed E-state index contributed by atoms with van der Waals surface area (Å²) in [5, 5.41) is 3.29. The molecule has 2 aromatic carbocycles. The maximum absolute atomic E-state index is 12.1. The van der Waals surface area contributed by atoms with E-state index < -0.39 is 18.5 Å². The molecule has 0 atom stereocenters. The van der Waals surface area contributed by atoms with Crippen LogP contribution in [0, 0.1) is 13.8 Å². The molecule has 0 aliphatic rings. The lowest BCUT2D eigenvalue weighted by atomic mass is 10.1. The van der Waals surface area contributed by atoms with Crippen molar-refractivity contribution in [3.05, 3.63) is 62.1 Å². The topological polar surface area (TPSA) is 55.4 Å². The lowest BCUT2D eigenvalue weighted by Gasteiger charge is -2.10. The minimum Gasteiger partial charge on any atom is -0.452 e. The molecule has 4 nitrogen and oxygen atoms in total. The molecule has 126 valence electrons. The Morgan fingerprint density at radius 1 is 1.00 bits per heavy atom. The normalized spacial score (nSPS) is 10.4. The first kappa shape index (κ1) is 18.6. The smallest absolute Gasteiger partial charge is 0.338 e. The molecule has 0 radical (unpaired) electrons. The summed E-state index contributed by atoms with van der Waals surface area (Å²) in [7, 11) is 0. The van der Waals surface area contributed by atoms with Crippen molar-refractivity contribution < 1.29 is 14.3 Å². The van der Waals surface area contributed by atoms with Crippen molar-refractivity contribution in [3.8, 4) is 0 Å². The van der Waals surface area contributed by atoms with Gasteiger partial charge in [-0.1, -0.05) is 52.5 Å². The number of ether oxygens (including phenoxy) is 1.